The number of carbonyl (C=O) groups excluding carboxylic acids is 1. The van der Waals surface area contributed by atoms with Gasteiger partial charge < -0.3 is 14.2 Å². The van der Waals surface area contributed by atoms with Crippen molar-refractivity contribution in [3.8, 4) is 0 Å². The number of furan rings is 1. The van der Waals surface area contributed by atoms with Gasteiger partial charge in [0.2, 0.25) is 5.09 Å². The zero-order chi connectivity index (χ0) is 21.1. The van der Waals surface area contributed by atoms with Gasteiger partial charge in [-0.25, -0.2) is 17.5 Å². The van der Waals surface area contributed by atoms with Gasteiger partial charge in [0.1, 0.15) is 5.82 Å². The number of halogens is 1. The van der Waals surface area contributed by atoms with Crippen LogP contribution in [0, 0.1) is 5.82 Å². The topological polar surface area (TPSA) is 82.9 Å². The zero-order valence-electron chi connectivity index (χ0n) is 16.0. The summed E-state index contributed by atoms with van der Waals surface area (Å²) in [4.78, 5) is 17.0. The van der Waals surface area contributed by atoms with Crippen LogP contribution in [0.1, 0.15) is 15.4 Å². The molecule has 1 N–H and O–H groups in total. The summed E-state index contributed by atoms with van der Waals surface area (Å²) in [6.45, 7) is 1.86. The molecule has 30 heavy (non-hydrogen) atoms. The van der Waals surface area contributed by atoms with Crippen LogP contribution in [0.15, 0.2) is 63.4 Å². The van der Waals surface area contributed by atoms with Crippen molar-refractivity contribution in [3.05, 3.63) is 70.4 Å². The van der Waals surface area contributed by atoms with E-state index in [2.05, 4.69) is 4.72 Å². The summed E-state index contributed by atoms with van der Waals surface area (Å²) >= 11 is 1.44. The van der Waals surface area contributed by atoms with E-state index in [4.69, 9.17) is 4.42 Å². The van der Waals surface area contributed by atoms with Gasteiger partial charge in [-0.15, -0.1) is 11.3 Å². The molecule has 0 unspecified atom stereocenters. The number of nitrogens with zero attached hydrogens (tertiary/aromatic N) is 2. The Morgan fingerprint density at radius 1 is 1.07 bits per heavy atom. The zero-order valence-corrected chi connectivity index (χ0v) is 17.6. The number of carbonyl (C=O) groups is 1. The summed E-state index contributed by atoms with van der Waals surface area (Å²) < 4.78 is 46.6. The number of piperazine rings is 1. The van der Waals surface area contributed by atoms with Crippen LogP contribution in [0.5, 0.6) is 0 Å². The second-order valence-corrected chi connectivity index (χ2v) is 9.48. The van der Waals surface area contributed by atoms with Crippen molar-refractivity contribution in [2.24, 2.45) is 0 Å². The first-order chi connectivity index (χ1) is 14.4. The highest BCUT2D eigenvalue weighted by Gasteiger charge is 2.27. The van der Waals surface area contributed by atoms with E-state index in [0.717, 1.165) is 4.88 Å². The predicted molar refractivity (Wildman–Crippen MR) is 112 cm³/mol. The molecule has 4 rings (SSSR count). The molecule has 3 heterocycles. The fraction of sp³-hybridized carbons (Fsp3) is 0.250. The highest BCUT2D eigenvalue weighted by atomic mass is 32.2. The molecule has 2 aromatic heterocycles. The monoisotopic (exact) mass is 449 g/mol. The van der Waals surface area contributed by atoms with Gasteiger partial charge in [0.15, 0.2) is 5.76 Å². The largest absolute Gasteiger partial charge is 0.438 e. The maximum absolute atomic E-state index is 14.0. The lowest BCUT2D eigenvalue weighted by atomic mass is 10.2. The number of thiophene rings is 1. The number of anilines is 1. The Kier molecular flexibility index (Phi) is 5.89. The van der Waals surface area contributed by atoms with E-state index < -0.39 is 10.0 Å². The van der Waals surface area contributed by atoms with Crippen molar-refractivity contribution in [1.82, 2.24) is 9.62 Å². The molecular weight excluding hydrogens is 429 g/mol. The smallest absolute Gasteiger partial charge is 0.289 e. The minimum absolute atomic E-state index is 0.0363. The molecule has 10 heteroatoms. The van der Waals surface area contributed by atoms with Crippen LogP contribution in [0.25, 0.3) is 0 Å². The number of hydrogen-bond acceptors (Lipinski definition) is 6. The van der Waals surface area contributed by atoms with Gasteiger partial charge in [0, 0.05) is 37.6 Å². The molecule has 0 saturated carbocycles. The van der Waals surface area contributed by atoms with Crippen molar-refractivity contribution >= 4 is 33.0 Å². The first-order valence-electron chi connectivity index (χ1n) is 9.35. The van der Waals surface area contributed by atoms with Crippen LogP contribution >= 0.6 is 11.3 Å². The third kappa shape index (κ3) is 4.40. The van der Waals surface area contributed by atoms with Crippen molar-refractivity contribution in [2.75, 3.05) is 31.1 Å². The lowest BCUT2D eigenvalue weighted by Gasteiger charge is -2.35. The molecule has 7 nitrogen and oxygen atoms in total. The van der Waals surface area contributed by atoms with E-state index in [0.29, 0.717) is 31.9 Å². The predicted octanol–water partition coefficient (Wildman–Crippen LogP) is 2.92. The van der Waals surface area contributed by atoms with Crippen molar-refractivity contribution in [3.63, 3.8) is 0 Å². The average molecular weight is 450 g/mol. The van der Waals surface area contributed by atoms with E-state index in [-0.39, 0.29) is 29.1 Å². The molecule has 1 aliphatic heterocycles. The number of rotatable bonds is 6. The van der Waals surface area contributed by atoms with Crippen molar-refractivity contribution < 1.29 is 22.0 Å². The van der Waals surface area contributed by atoms with Gasteiger partial charge in [-0.2, -0.15) is 0 Å². The summed E-state index contributed by atoms with van der Waals surface area (Å²) in [6.07, 6.45) is 0. The molecule has 1 aliphatic rings. The number of nitrogens with one attached hydrogen (secondary N) is 1. The number of sulfonamides is 1. The average Bonchev–Trinajstić information content (AvgIpc) is 3.45. The van der Waals surface area contributed by atoms with Gasteiger partial charge in [-0.3, -0.25) is 4.79 Å². The van der Waals surface area contributed by atoms with Crippen LogP contribution in [-0.2, 0) is 16.6 Å². The lowest BCUT2D eigenvalue weighted by molar-refractivity contribution is 0.0708. The Bertz CT molecular complexity index is 1120. The lowest BCUT2D eigenvalue weighted by Crippen LogP contribution is -2.49. The second kappa shape index (κ2) is 8.58. The van der Waals surface area contributed by atoms with Crippen LogP contribution in [0.3, 0.4) is 0 Å². The van der Waals surface area contributed by atoms with Gasteiger partial charge in [0.05, 0.1) is 5.69 Å². The van der Waals surface area contributed by atoms with E-state index in [1.54, 1.807) is 23.1 Å². The molecule has 1 aromatic carbocycles. The maximum atomic E-state index is 14.0. The molecule has 0 atom stereocenters. The maximum Gasteiger partial charge on any atom is 0.289 e. The third-order valence-electron chi connectivity index (χ3n) is 4.83. The molecule has 0 aliphatic carbocycles. The Morgan fingerprint density at radius 3 is 2.53 bits per heavy atom. The fourth-order valence-corrected chi connectivity index (χ4v) is 4.91. The minimum Gasteiger partial charge on any atom is -0.438 e. The summed E-state index contributed by atoms with van der Waals surface area (Å²) in [6, 6.07) is 12.8. The first-order valence-corrected chi connectivity index (χ1v) is 11.7. The molecule has 0 bridgehead atoms. The van der Waals surface area contributed by atoms with Crippen LogP contribution in [0.4, 0.5) is 10.1 Å². The fourth-order valence-electron chi connectivity index (χ4n) is 3.24. The quantitative estimate of drug-likeness (QED) is 0.626. The first kappa shape index (κ1) is 20.6. The normalized spacial score (nSPS) is 14.8. The van der Waals surface area contributed by atoms with Crippen LogP contribution < -0.4 is 9.62 Å². The summed E-state index contributed by atoms with van der Waals surface area (Å²) in [5, 5.41) is 1.56. The highest BCUT2D eigenvalue weighted by molar-refractivity contribution is 7.89. The molecule has 1 fully saturated rings. The van der Waals surface area contributed by atoms with Gasteiger partial charge in [-0.1, -0.05) is 18.2 Å². The molecule has 158 valence electrons. The molecule has 1 amide bonds. The Hall–Kier alpha value is -2.69. The Morgan fingerprint density at radius 2 is 1.83 bits per heavy atom. The second-order valence-electron chi connectivity index (χ2n) is 6.75. The van der Waals surface area contributed by atoms with Gasteiger partial charge in [0.25, 0.3) is 15.9 Å². The van der Waals surface area contributed by atoms with Crippen molar-refractivity contribution in [1.29, 1.82) is 0 Å². The number of benzene rings is 1. The minimum atomic E-state index is -3.86. The molecule has 3 aromatic rings. The van der Waals surface area contributed by atoms with Crippen molar-refractivity contribution in [2.45, 2.75) is 11.6 Å². The third-order valence-corrected chi connectivity index (χ3v) is 6.98. The summed E-state index contributed by atoms with van der Waals surface area (Å²) in [5.41, 5.74) is 0.507. The van der Waals surface area contributed by atoms with E-state index in [9.17, 15) is 17.6 Å². The number of para-hydroxylation sites is 1. The Labute approximate surface area is 177 Å². The number of hydrogen-bond donors (Lipinski definition) is 1. The molecule has 0 radical (unpaired) electrons. The molecular formula is C20H20FN3O4S2. The van der Waals surface area contributed by atoms with E-state index in [1.165, 1.54) is 29.5 Å². The van der Waals surface area contributed by atoms with E-state index in [1.807, 2.05) is 22.4 Å². The Balaban J connectivity index is 1.38. The molecule has 0 spiro atoms. The van der Waals surface area contributed by atoms with Crippen LogP contribution in [-0.4, -0.2) is 45.4 Å². The standard InChI is InChI=1S/C20H20FN3O4S2/c21-16-5-1-2-6-17(16)23-9-11-24(12-10-23)20(25)18-7-8-19(28-18)30(26,27)22-14-15-4-3-13-29-15/h1-8,13,22H,9-12,14H2. The summed E-state index contributed by atoms with van der Waals surface area (Å²) in [5.74, 6) is -0.720. The highest BCUT2D eigenvalue weighted by Crippen LogP contribution is 2.22. The van der Waals surface area contributed by atoms with Gasteiger partial charge in [-0.05, 0) is 35.7 Å². The molecule has 1 saturated heterocycles. The van der Waals surface area contributed by atoms with Crippen LogP contribution in [0.2, 0.25) is 0 Å². The summed E-state index contributed by atoms with van der Waals surface area (Å²) in [7, 11) is -3.86. The SMILES string of the molecule is O=C(c1ccc(S(=O)(=O)NCc2cccs2)o1)N1CCN(c2ccccc2F)CC1. The van der Waals surface area contributed by atoms with E-state index >= 15 is 0 Å². The number of amides is 1. The van der Waals surface area contributed by atoms with Gasteiger partial charge >= 0.3 is 0 Å².